The van der Waals surface area contributed by atoms with Crippen molar-refractivity contribution in [2.75, 3.05) is 11.9 Å². The van der Waals surface area contributed by atoms with E-state index in [2.05, 4.69) is 11.4 Å². The predicted molar refractivity (Wildman–Crippen MR) is 98.3 cm³/mol. The Morgan fingerprint density at radius 1 is 1.16 bits per heavy atom. The van der Waals surface area contributed by atoms with E-state index in [0.717, 1.165) is 24.9 Å². The van der Waals surface area contributed by atoms with E-state index in [0.29, 0.717) is 23.6 Å². The molecule has 0 radical (unpaired) electrons. The van der Waals surface area contributed by atoms with Gasteiger partial charge < -0.3 is 5.32 Å². The number of carbonyl (C=O) groups excluding carboxylic acids is 1. The van der Waals surface area contributed by atoms with Gasteiger partial charge in [0.1, 0.15) is 10.3 Å². The highest BCUT2D eigenvalue weighted by atomic mass is 32.2. The number of aryl methyl sites for hydroxylation is 2. The molecule has 0 saturated carbocycles. The van der Waals surface area contributed by atoms with E-state index in [-0.39, 0.29) is 5.91 Å². The SMILES string of the molecule is O=C(Nc1ccc2c(c1)CCC2)C1CCCN1S(=O)(=O)c1cccs1. The first kappa shape index (κ1) is 16.8. The average Bonchev–Trinajstić information content (AvgIpc) is 3.33. The quantitative estimate of drug-likeness (QED) is 0.892. The molecule has 1 N–H and O–H groups in total. The first-order chi connectivity index (χ1) is 12.1. The van der Waals surface area contributed by atoms with Gasteiger partial charge in [-0.3, -0.25) is 4.79 Å². The standard InChI is InChI=1S/C18H20N2O3S2/c21-18(19-15-9-8-13-4-1-5-14(13)12-15)16-6-2-10-20(16)25(22,23)17-7-3-11-24-17/h3,7-9,11-12,16H,1-2,4-6,10H2,(H,19,21). The Labute approximate surface area is 151 Å². The van der Waals surface area contributed by atoms with Crippen LogP contribution < -0.4 is 5.32 Å². The third-order valence-corrected chi connectivity index (χ3v) is 8.21. The molecule has 2 heterocycles. The number of anilines is 1. The molecule has 1 saturated heterocycles. The number of hydrogen-bond donors (Lipinski definition) is 1. The molecule has 1 amide bonds. The molecule has 132 valence electrons. The zero-order valence-corrected chi connectivity index (χ0v) is 15.4. The van der Waals surface area contributed by atoms with Crippen molar-refractivity contribution in [3.05, 3.63) is 46.8 Å². The first-order valence-electron chi connectivity index (χ1n) is 8.54. The van der Waals surface area contributed by atoms with Crippen LogP contribution in [-0.4, -0.2) is 31.2 Å². The third kappa shape index (κ3) is 3.12. The minimum atomic E-state index is -3.60. The average molecular weight is 377 g/mol. The molecule has 1 aliphatic heterocycles. The van der Waals surface area contributed by atoms with Gasteiger partial charge in [0.2, 0.25) is 5.91 Å². The summed E-state index contributed by atoms with van der Waals surface area (Å²) in [5.74, 6) is -0.240. The Balaban J connectivity index is 1.53. The van der Waals surface area contributed by atoms with Crippen LogP contribution in [0.15, 0.2) is 39.9 Å². The molecular weight excluding hydrogens is 356 g/mol. The number of fused-ring (bicyclic) bond motifs is 1. The van der Waals surface area contributed by atoms with Crippen molar-refractivity contribution in [1.29, 1.82) is 0 Å². The van der Waals surface area contributed by atoms with Crippen LogP contribution in [0, 0.1) is 0 Å². The number of hydrogen-bond acceptors (Lipinski definition) is 4. The molecule has 7 heteroatoms. The molecular formula is C18H20N2O3S2. The number of carbonyl (C=O) groups is 1. The van der Waals surface area contributed by atoms with E-state index in [1.54, 1.807) is 17.5 Å². The predicted octanol–water partition coefficient (Wildman–Crippen LogP) is 3.03. The highest BCUT2D eigenvalue weighted by molar-refractivity contribution is 7.91. The van der Waals surface area contributed by atoms with E-state index < -0.39 is 16.1 Å². The maximum atomic E-state index is 12.8. The van der Waals surface area contributed by atoms with Crippen molar-refractivity contribution in [3.63, 3.8) is 0 Å². The third-order valence-electron chi connectivity index (χ3n) is 4.93. The molecule has 1 atom stereocenters. The normalized spacial score (nSPS) is 20.6. The molecule has 1 aromatic heterocycles. The summed E-state index contributed by atoms with van der Waals surface area (Å²) in [7, 11) is -3.60. The van der Waals surface area contributed by atoms with Gasteiger partial charge in [-0.25, -0.2) is 8.42 Å². The second kappa shape index (κ2) is 6.55. The number of nitrogens with one attached hydrogen (secondary N) is 1. The molecule has 1 aliphatic carbocycles. The van der Waals surface area contributed by atoms with Gasteiger partial charge in [0.15, 0.2) is 0 Å². The van der Waals surface area contributed by atoms with Gasteiger partial charge in [-0.2, -0.15) is 4.31 Å². The lowest BCUT2D eigenvalue weighted by Crippen LogP contribution is -2.42. The van der Waals surface area contributed by atoms with Gasteiger partial charge in [0.25, 0.3) is 10.0 Å². The zero-order chi connectivity index (χ0) is 17.4. The second-order valence-corrected chi connectivity index (χ2v) is 9.60. The van der Waals surface area contributed by atoms with Crippen LogP contribution in [0.25, 0.3) is 0 Å². The Bertz CT molecular complexity index is 891. The van der Waals surface area contributed by atoms with E-state index in [1.807, 2.05) is 12.1 Å². The Morgan fingerprint density at radius 2 is 2.00 bits per heavy atom. The summed E-state index contributed by atoms with van der Waals surface area (Å²) in [6, 6.07) is 8.66. The molecule has 0 bridgehead atoms. The number of amides is 1. The van der Waals surface area contributed by atoms with Gasteiger partial charge in [0, 0.05) is 12.2 Å². The van der Waals surface area contributed by atoms with Crippen molar-refractivity contribution in [3.8, 4) is 0 Å². The monoisotopic (exact) mass is 376 g/mol. The number of benzene rings is 1. The topological polar surface area (TPSA) is 66.5 Å². The van der Waals surface area contributed by atoms with Gasteiger partial charge in [0.05, 0.1) is 0 Å². The molecule has 25 heavy (non-hydrogen) atoms. The van der Waals surface area contributed by atoms with Crippen LogP contribution in [0.1, 0.15) is 30.4 Å². The summed E-state index contributed by atoms with van der Waals surface area (Å²) >= 11 is 1.19. The summed E-state index contributed by atoms with van der Waals surface area (Å²) in [6.45, 7) is 0.391. The van der Waals surface area contributed by atoms with Gasteiger partial charge in [-0.05, 0) is 66.8 Å². The van der Waals surface area contributed by atoms with Crippen molar-refractivity contribution < 1.29 is 13.2 Å². The lowest BCUT2D eigenvalue weighted by atomic mass is 10.1. The fraction of sp³-hybridized carbons (Fsp3) is 0.389. The summed E-state index contributed by atoms with van der Waals surface area (Å²) in [4.78, 5) is 12.7. The maximum Gasteiger partial charge on any atom is 0.253 e. The van der Waals surface area contributed by atoms with Crippen LogP contribution in [0.3, 0.4) is 0 Å². The molecule has 2 aliphatic rings. The smallest absolute Gasteiger partial charge is 0.253 e. The van der Waals surface area contributed by atoms with Crippen molar-refractivity contribution in [2.24, 2.45) is 0 Å². The zero-order valence-electron chi connectivity index (χ0n) is 13.8. The number of rotatable bonds is 4. The highest BCUT2D eigenvalue weighted by Gasteiger charge is 2.39. The lowest BCUT2D eigenvalue weighted by molar-refractivity contribution is -0.119. The summed E-state index contributed by atoms with van der Waals surface area (Å²) in [6.07, 6.45) is 4.55. The minimum Gasteiger partial charge on any atom is -0.325 e. The highest BCUT2D eigenvalue weighted by Crippen LogP contribution is 2.30. The van der Waals surface area contributed by atoms with Crippen molar-refractivity contribution in [1.82, 2.24) is 4.31 Å². The summed E-state index contributed by atoms with van der Waals surface area (Å²) in [5, 5.41) is 4.66. The summed E-state index contributed by atoms with van der Waals surface area (Å²) < 4.78 is 27.2. The van der Waals surface area contributed by atoms with E-state index in [9.17, 15) is 13.2 Å². The lowest BCUT2D eigenvalue weighted by Gasteiger charge is -2.22. The molecule has 1 aromatic carbocycles. The van der Waals surface area contributed by atoms with E-state index in [4.69, 9.17) is 0 Å². The van der Waals surface area contributed by atoms with Crippen LogP contribution in [0.2, 0.25) is 0 Å². The first-order valence-corrected chi connectivity index (χ1v) is 10.9. The van der Waals surface area contributed by atoms with Crippen molar-refractivity contribution >= 4 is 33.0 Å². The van der Waals surface area contributed by atoms with Gasteiger partial charge in [-0.1, -0.05) is 12.1 Å². The fourth-order valence-corrected chi connectivity index (χ4v) is 6.47. The Hall–Kier alpha value is -1.70. The number of thiophene rings is 1. The molecule has 1 unspecified atom stereocenters. The van der Waals surface area contributed by atoms with Crippen LogP contribution >= 0.6 is 11.3 Å². The molecule has 1 fully saturated rings. The second-order valence-electron chi connectivity index (χ2n) is 6.53. The van der Waals surface area contributed by atoms with E-state index in [1.165, 1.54) is 26.8 Å². The van der Waals surface area contributed by atoms with Crippen LogP contribution in [0.5, 0.6) is 0 Å². The molecule has 4 rings (SSSR count). The Morgan fingerprint density at radius 3 is 2.80 bits per heavy atom. The van der Waals surface area contributed by atoms with Gasteiger partial charge >= 0.3 is 0 Å². The molecule has 0 spiro atoms. The largest absolute Gasteiger partial charge is 0.325 e. The number of sulfonamides is 1. The van der Waals surface area contributed by atoms with Crippen molar-refractivity contribution in [2.45, 2.75) is 42.4 Å². The minimum absolute atomic E-state index is 0.240. The molecule has 2 aromatic rings. The number of nitrogens with zero attached hydrogens (tertiary/aromatic N) is 1. The maximum absolute atomic E-state index is 12.8. The fourth-order valence-electron chi connectivity index (χ4n) is 3.69. The Kier molecular flexibility index (Phi) is 4.39. The van der Waals surface area contributed by atoms with Crippen LogP contribution in [-0.2, 0) is 27.7 Å². The van der Waals surface area contributed by atoms with E-state index >= 15 is 0 Å². The van der Waals surface area contributed by atoms with Crippen LogP contribution in [0.4, 0.5) is 5.69 Å². The molecule has 5 nitrogen and oxygen atoms in total. The summed E-state index contributed by atoms with van der Waals surface area (Å²) in [5.41, 5.74) is 3.39. The van der Waals surface area contributed by atoms with Gasteiger partial charge in [-0.15, -0.1) is 11.3 Å².